The predicted molar refractivity (Wildman–Crippen MR) is 142 cm³/mol. The third-order valence-corrected chi connectivity index (χ3v) is 11.0. The number of benzene rings is 2. The van der Waals surface area contributed by atoms with Gasteiger partial charge in [-0.25, -0.2) is 17.9 Å². The largest absolute Gasteiger partial charge is 0.463 e. The molecule has 1 fully saturated rings. The van der Waals surface area contributed by atoms with E-state index in [0.717, 1.165) is 35.3 Å². The lowest BCUT2D eigenvalue weighted by atomic mass is 9.44. The average molecular weight is 504 g/mol. The van der Waals surface area contributed by atoms with Crippen LogP contribution in [0.4, 0.5) is 0 Å². The van der Waals surface area contributed by atoms with Crippen molar-refractivity contribution < 1.29 is 9.53 Å². The lowest BCUT2D eigenvalue weighted by molar-refractivity contribution is -0.150. The maximum absolute atomic E-state index is 13.5. The van der Waals surface area contributed by atoms with Gasteiger partial charge in [0.1, 0.15) is 5.92 Å². The van der Waals surface area contributed by atoms with Crippen molar-refractivity contribution in [2.24, 2.45) is 11.8 Å². The molecule has 0 saturated heterocycles. The molecule has 1 saturated carbocycles. The number of carbonyl (C=O) groups is 1. The molecule has 36 heavy (non-hydrogen) atoms. The van der Waals surface area contributed by atoms with E-state index in [4.69, 9.17) is 17.9 Å². The third-order valence-electron chi connectivity index (χ3n) is 8.32. The smallest absolute Gasteiger partial charge is 0.424 e. The summed E-state index contributed by atoms with van der Waals surface area (Å²) in [5.74, 6) is -2.35. The minimum atomic E-state index is -1.93. The Labute approximate surface area is 215 Å². The molecule has 2 bridgehead atoms. The monoisotopic (exact) mass is 503 g/mol. The molecule has 4 aliphatic carbocycles. The zero-order chi connectivity index (χ0) is 24.8. The SMILES string of the molecule is [C-]#[N+]C1(C#N)[C@@H]2c3c(sc4c3sc3cc5ccccc5cc34)[C@@H](C3C=CC=CC32)C1([N+]#[C-])C(=O)OC. The number of nitriles is 1. The van der Waals surface area contributed by atoms with E-state index in [2.05, 4.69) is 46.1 Å². The van der Waals surface area contributed by atoms with Crippen molar-refractivity contribution >= 4 is 58.9 Å². The molecule has 2 aromatic heterocycles. The van der Waals surface area contributed by atoms with E-state index in [0.29, 0.717) is 0 Å². The van der Waals surface area contributed by atoms with Gasteiger partial charge < -0.3 is 4.74 Å². The first-order chi connectivity index (χ1) is 17.6. The summed E-state index contributed by atoms with van der Waals surface area (Å²) in [4.78, 5) is 22.2. The molecule has 172 valence electrons. The van der Waals surface area contributed by atoms with Gasteiger partial charge in [0, 0.05) is 26.8 Å². The Hall–Kier alpha value is -3.96. The van der Waals surface area contributed by atoms with Gasteiger partial charge in [0.2, 0.25) is 0 Å². The lowest BCUT2D eigenvalue weighted by Gasteiger charge is -2.52. The number of rotatable bonds is 1. The number of fused-ring (bicyclic) bond motifs is 5. The molecule has 4 aliphatic rings. The van der Waals surface area contributed by atoms with E-state index in [1.807, 2.05) is 30.4 Å². The average Bonchev–Trinajstić information content (AvgIpc) is 3.46. The van der Waals surface area contributed by atoms with Crippen molar-refractivity contribution in [3.8, 4) is 6.07 Å². The van der Waals surface area contributed by atoms with E-state index in [1.54, 1.807) is 22.7 Å². The first-order valence-electron chi connectivity index (χ1n) is 11.6. The number of nitrogens with zero attached hydrogens (tertiary/aromatic N) is 3. The van der Waals surface area contributed by atoms with Gasteiger partial charge in [-0.15, -0.1) is 22.7 Å². The van der Waals surface area contributed by atoms with Crippen molar-refractivity contribution in [3.63, 3.8) is 0 Å². The van der Waals surface area contributed by atoms with Crippen LogP contribution in [0.3, 0.4) is 0 Å². The molecular weight excluding hydrogens is 486 g/mol. The zero-order valence-electron chi connectivity index (χ0n) is 19.1. The Bertz CT molecular complexity index is 1830. The summed E-state index contributed by atoms with van der Waals surface area (Å²) in [6.45, 7) is 16.5. The number of hydrogen-bond donors (Lipinski definition) is 0. The van der Waals surface area contributed by atoms with Crippen molar-refractivity contribution in [2.45, 2.75) is 22.9 Å². The van der Waals surface area contributed by atoms with Crippen LogP contribution in [0.2, 0.25) is 0 Å². The molecule has 0 amide bonds. The number of hydrogen-bond acceptors (Lipinski definition) is 5. The lowest BCUT2D eigenvalue weighted by Crippen LogP contribution is -2.70. The summed E-state index contributed by atoms with van der Waals surface area (Å²) < 4.78 is 8.52. The molecule has 0 radical (unpaired) electrons. The van der Waals surface area contributed by atoms with Crippen LogP contribution in [0.1, 0.15) is 22.3 Å². The zero-order valence-corrected chi connectivity index (χ0v) is 20.7. The summed E-state index contributed by atoms with van der Waals surface area (Å²) in [5, 5.41) is 14.1. The second kappa shape index (κ2) is 7.05. The molecule has 2 heterocycles. The van der Waals surface area contributed by atoms with Crippen molar-refractivity contribution in [3.05, 3.63) is 94.0 Å². The molecule has 0 N–H and O–H groups in total. The Kier molecular flexibility index (Phi) is 4.18. The molecule has 4 aromatic rings. The van der Waals surface area contributed by atoms with Gasteiger partial charge in [-0.3, -0.25) is 9.69 Å². The van der Waals surface area contributed by atoms with Crippen molar-refractivity contribution in [1.82, 2.24) is 0 Å². The highest BCUT2D eigenvalue weighted by atomic mass is 32.1. The van der Waals surface area contributed by atoms with Crippen LogP contribution in [0.15, 0.2) is 60.7 Å². The fraction of sp³-hybridized carbons (Fsp3) is 0.241. The van der Waals surface area contributed by atoms with Gasteiger partial charge in [0.15, 0.2) is 6.07 Å². The maximum atomic E-state index is 13.5. The molecule has 7 heteroatoms. The van der Waals surface area contributed by atoms with Gasteiger partial charge in [-0.05, 0) is 28.5 Å². The first-order valence-corrected chi connectivity index (χ1v) is 13.2. The Balaban J connectivity index is 1.64. The molecule has 5 nitrogen and oxygen atoms in total. The third kappa shape index (κ3) is 2.17. The maximum Gasteiger partial charge on any atom is 0.424 e. The Morgan fingerprint density at radius 3 is 2.36 bits per heavy atom. The minimum Gasteiger partial charge on any atom is -0.463 e. The van der Waals surface area contributed by atoms with Crippen LogP contribution in [-0.4, -0.2) is 24.2 Å². The Morgan fingerprint density at radius 2 is 1.72 bits per heavy atom. The van der Waals surface area contributed by atoms with E-state index in [-0.39, 0.29) is 11.8 Å². The van der Waals surface area contributed by atoms with E-state index < -0.39 is 28.9 Å². The number of ether oxygens (including phenoxy) is 1. The van der Waals surface area contributed by atoms with Crippen LogP contribution in [0.5, 0.6) is 0 Å². The van der Waals surface area contributed by atoms with Crippen LogP contribution in [-0.2, 0) is 9.53 Å². The van der Waals surface area contributed by atoms with E-state index in [1.165, 1.54) is 12.5 Å². The highest BCUT2D eigenvalue weighted by molar-refractivity contribution is 7.33. The van der Waals surface area contributed by atoms with Crippen molar-refractivity contribution in [1.29, 1.82) is 5.26 Å². The molecular formula is C29H17N3O2S2. The van der Waals surface area contributed by atoms with Crippen molar-refractivity contribution in [2.75, 3.05) is 7.11 Å². The number of allylic oxidation sites excluding steroid dienone is 4. The normalized spacial score (nSPS) is 31.5. The molecule has 8 rings (SSSR count). The number of methoxy groups -OCH3 is 1. The fourth-order valence-corrected chi connectivity index (χ4v) is 10.0. The van der Waals surface area contributed by atoms with E-state index >= 15 is 0 Å². The summed E-state index contributed by atoms with van der Waals surface area (Å²) >= 11 is 3.30. The molecule has 0 aliphatic heterocycles. The van der Waals surface area contributed by atoms with Crippen LogP contribution in [0, 0.1) is 36.3 Å². The van der Waals surface area contributed by atoms with Gasteiger partial charge in [-0.1, -0.05) is 48.6 Å². The van der Waals surface area contributed by atoms with Gasteiger partial charge in [0.05, 0.1) is 22.4 Å². The summed E-state index contributed by atoms with van der Waals surface area (Å²) in [7, 11) is 1.24. The quantitative estimate of drug-likeness (QED) is 0.211. The molecule has 6 atom stereocenters. The van der Waals surface area contributed by atoms with Crippen LogP contribution < -0.4 is 0 Å². The first kappa shape index (κ1) is 21.3. The highest BCUT2D eigenvalue weighted by Crippen LogP contribution is 2.71. The second-order valence-electron chi connectivity index (χ2n) is 9.58. The van der Waals surface area contributed by atoms with E-state index in [9.17, 15) is 10.1 Å². The highest BCUT2D eigenvalue weighted by Gasteiger charge is 2.87. The fourth-order valence-electron chi connectivity index (χ4n) is 6.92. The summed E-state index contributed by atoms with van der Waals surface area (Å²) in [6, 6.07) is 14.9. The Morgan fingerprint density at radius 1 is 1.03 bits per heavy atom. The number of carbonyl (C=O) groups excluding carboxylic acids is 1. The minimum absolute atomic E-state index is 0.150. The van der Waals surface area contributed by atoms with Crippen LogP contribution in [0.25, 0.3) is 39.9 Å². The number of thiophene rings is 2. The molecule has 0 spiro atoms. The summed E-state index contributed by atoms with van der Waals surface area (Å²) in [6.07, 6.45) is 7.99. The predicted octanol–water partition coefficient (Wildman–Crippen LogP) is 6.83. The molecule has 2 aromatic carbocycles. The number of esters is 1. The standard InChI is InChI=1S/C29H17N3O2S2/c1-31-28(14-30)22-17-10-6-7-11-18(17)23(29(28,32-2)27(33)34-3)25-21(22)26-24(36-25)19-12-15-8-4-5-9-16(15)13-20(19)35-26/h4-13,17-18,22-23H,3H3/t17?,18?,22-,23+,28?,29?/m0/s1. The van der Waals surface area contributed by atoms with Gasteiger partial charge >= 0.3 is 17.0 Å². The topological polar surface area (TPSA) is 58.8 Å². The van der Waals surface area contributed by atoms with Crippen LogP contribution >= 0.6 is 22.7 Å². The second-order valence-corrected chi connectivity index (χ2v) is 11.7. The van der Waals surface area contributed by atoms with Gasteiger partial charge in [0.25, 0.3) is 0 Å². The van der Waals surface area contributed by atoms with Gasteiger partial charge in [-0.2, -0.15) is 5.26 Å². The summed E-state index contributed by atoms with van der Waals surface area (Å²) in [5.41, 5.74) is -2.83. The molecule has 4 unspecified atom stereocenters.